The van der Waals surface area contributed by atoms with Gasteiger partial charge in [-0.2, -0.15) is 0 Å². The van der Waals surface area contributed by atoms with Crippen LogP contribution >= 0.6 is 11.3 Å². The molecule has 1 atom stereocenters. The molecular formula is C15H18F2N2S. The number of benzene rings is 1. The first-order valence-electron chi connectivity index (χ1n) is 6.71. The zero-order chi connectivity index (χ0) is 14.7. The molecule has 0 radical (unpaired) electrons. The first-order chi connectivity index (χ1) is 9.58. The molecule has 5 heteroatoms. The summed E-state index contributed by atoms with van der Waals surface area (Å²) in [5.41, 5.74) is 1.33. The standard InChI is InChI=1S/C15H18F2N2S/c1-4-12-9(3)20-15(19-12)14(18-5-2)10-7-6-8-11(16)13(10)17/h6-8,14,18H,4-5H2,1-3H3. The second-order valence-corrected chi connectivity index (χ2v) is 5.78. The molecule has 0 aliphatic rings. The fraction of sp³-hybridized carbons (Fsp3) is 0.400. The van der Waals surface area contributed by atoms with Crippen LogP contribution in [-0.4, -0.2) is 11.5 Å². The molecule has 108 valence electrons. The Morgan fingerprint density at radius 3 is 2.65 bits per heavy atom. The van der Waals surface area contributed by atoms with Gasteiger partial charge in [-0.3, -0.25) is 0 Å². The summed E-state index contributed by atoms with van der Waals surface area (Å²) in [4.78, 5) is 5.69. The molecule has 0 saturated carbocycles. The van der Waals surface area contributed by atoms with Crippen LogP contribution in [0.25, 0.3) is 0 Å². The van der Waals surface area contributed by atoms with Crippen LogP contribution in [-0.2, 0) is 6.42 Å². The van der Waals surface area contributed by atoms with Crippen LogP contribution in [0.15, 0.2) is 18.2 Å². The summed E-state index contributed by atoms with van der Waals surface area (Å²) in [7, 11) is 0. The Labute approximate surface area is 121 Å². The summed E-state index contributed by atoms with van der Waals surface area (Å²) in [6, 6.07) is 3.86. The highest BCUT2D eigenvalue weighted by Crippen LogP contribution is 2.30. The largest absolute Gasteiger partial charge is 0.304 e. The van der Waals surface area contributed by atoms with Crippen LogP contribution in [0.5, 0.6) is 0 Å². The van der Waals surface area contributed by atoms with Gasteiger partial charge in [0, 0.05) is 10.4 Å². The Kier molecular flexibility index (Phi) is 4.83. The smallest absolute Gasteiger partial charge is 0.164 e. The van der Waals surface area contributed by atoms with E-state index in [1.807, 2.05) is 20.8 Å². The van der Waals surface area contributed by atoms with Gasteiger partial charge in [-0.15, -0.1) is 11.3 Å². The van der Waals surface area contributed by atoms with Crippen molar-refractivity contribution < 1.29 is 8.78 Å². The molecule has 20 heavy (non-hydrogen) atoms. The average Bonchev–Trinajstić information content (AvgIpc) is 2.80. The fourth-order valence-corrected chi connectivity index (χ4v) is 3.29. The number of aryl methyl sites for hydroxylation is 2. The van der Waals surface area contributed by atoms with Gasteiger partial charge >= 0.3 is 0 Å². The first kappa shape index (κ1) is 15.1. The second kappa shape index (κ2) is 6.41. The molecule has 2 aromatic rings. The van der Waals surface area contributed by atoms with Crippen LogP contribution in [0.2, 0.25) is 0 Å². The normalized spacial score (nSPS) is 12.7. The number of thiazole rings is 1. The average molecular weight is 296 g/mol. The predicted octanol–water partition coefficient (Wildman–Crippen LogP) is 3.99. The SMILES string of the molecule is CCNC(c1nc(CC)c(C)s1)c1cccc(F)c1F. The molecule has 0 spiro atoms. The molecule has 0 aliphatic heterocycles. The van der Waals surface area contributed by atoms with E-state index in [1.54, 1.807) is 6.07 Å². The van der Waals surface area contributed by atoms with Crippen LogP contribution in [0.3, 0.4) is 0 Å². The molecule has 2 nitrogen and oxygen atoms in total. The molecule has 0 bridgehead atoms. The third-order valence-electron chi connectivity index (χ3n) is 3.19. The van der Waals surface area contributed by atoms with E-state index in [4.69, 9.17) is 0 Å². The Bertz CT molecular complexity index is 596. The maximum atomic E-state index is 14.0. The summed E-state index contributed by atoms with van der Waals surface area (Å²) in [6.45, 7) is 6.63. The quantitative estimate of drug-likeness (QED) is 0.902. The maximum absolute atomic E-state index is 14.0. The van der Waals surface area contributed by atoms with E-state index < -0.39 is 17.7 Å². The first-order valence-corrected chi connectivity index (χ1v) is 7.53. The lowest BCUT2D eigenvalue weighted by Gasteiger charge is -2.16. The van der Waals surface area contributed by atoms with E-state index in [9.17, 15) is 8.78 Å². The number of hydrogen-bond acceptors (Lipinski definition) is 3. The molecule has 1 N–H and O–H groups in total. The van der Waals surface area contributed by atoms with Gasteiger partial charge in [0.1, 0.15) is 5.01 Å². The predicted molar refractivity (Wildman–Crippen MR) is 78.1 cm³/mol. The minimum atomic E-state index is -0.825. The van der Waals surface area contributed by atoms with E-state index in [0.29, 0.717) is 12.1 Å². The maximum Gasteiger partial charge on any atom is 0.164 e. The summed E-state index contributed by atoms with van der Waals surface area (Å²) < 4.78 is 27.4. The molecule has 0 aliphatic carbocycles. The van der Waals surface area contributed by atoms with Gasteiger partial charge < -0.3 is 5.32 Å². The van der Waals surface area contributed by atoms with Gasteiger partial charge in [-0.1, -0.05) is 26.0 Å². The van der Waals surface area contributed by atoms with E-state index in [-0.39, 0.29) is 0 Å². The van der Waals surface area contributed by atoms with Crippen molar-refractivity contribution in [3.63, 3.8) is 0 Å². The molecule has 0 saturated heterocycles. The lowest BCUT2D eigenvalue weighted by Crippen LogP contribution is -2.23. The van der Waals surface area contributed by atoms with Crippen molar-refractivity contribution in [3.05, 3.63) is 51.0 Å². The minimum absolute atomic E-state index is 0.309. The summed E-state index contributed by atoms with van der Waals surface area (Å²) in [6.07, 6.45) is 0.840. The minimum Gasteiger partial charge on any atom is -0.304 e. The Balaban J connectivity index is 2.47. The van der Waals surface area contributed by atoms with Crippen LogP contribution < -0.4 is 5.32 Å². The van der Waals surface area contributed by atoms with E-state index >= 15 is 0 Å². The zero-order valence-corrected chi connectivity index (χ0v) is 12.7. The van der Waals surface area contributed by atoms with Crippen LogP contribution in [0.4, 0.5) is 8.78 Å². The van der Waals surface area contributed by atoms with Crippen molar-refractivity contribution >= 4 is 11.3 Å². The van der Waals surface area contributed by atoms with Gasteiger partial charge in [0.05, 0.1) is 11.7 Å². The van der Waals surface area contributed by atoms with E-state index in [2.05, 4.69) is 10.3 Å². The number of aromatic nitrogens is 1. The van der Waals surface area contributed by atoms with Gasteiger partial charge in [-0.05, 0) is 26.0 Å². The van der Waals surface area contributed by atoms with Crippen LogP contribution in [0, 0.1) is 18.6 Å². The summed E-state index contributed by atoms with van der Waals surface area (Å²) in [5, 5.41) is 3.97. The Morgan fingerprint density at radius 1 is 1.30 bits per heavy atom. The molecule has 1 aromatic carbocycles. The van der Waals surface area contributed by atoms with Gasteiger partial charge in [0.2, 0.25) is 0 Å². The number of rotatable bonds is 5. The van der Waals surface area contributed by atoms with Crippen molar-refractivity contribution in [2.45, 2.75) is 33.2 Å². The molecule has 1 aromatic heterocycles. The molecule has 1 unspecified atom stereocenters. The van der Waals surface area contributed by atoms with Gasteiger partial charge in [-0.25, -0.2) is 13.8 Å². The molecule has 0 fully saturated rings. The van der Waals surface area contributed by atoms with Gasteiger partial charge in [0.25, 0.3) is 0 Å². The van der Waals surface area contributed by atoms with E-state index in [1.165, 1.54) is 17.4 Å². The summed E-state index contributed by atoms with van der Waals surface area (Å²) in [5.74, 6) is -1.63. The number of nitrogens with one attached hydrogen (secondary N) is 1. The Morgan fingerprint density at radius 2 is 2.05 bits per heavy atom. The Hall–Kier alpha value is -1.33. The molecular weight excluding hydrogens is 278 g/mol. The number of nitrogens with zero attached hydrogens (tertiary/aromatic N) is 1. The molecule has 0 amide bonds. The van der Waals surface area contributed by atoms with Crippen molar-refractivity contribution in [2.75, 3.05) is 6.54 Å². The van der Waals surface area contributed by atoms with Crippen LogP contribution in [0.1, 0.15) is 41.0 Å². The number of halogens is 2. The fourth-order valence-electron chi connectivity index (χ4n) is 2.18. The van der Waals surface area contributed by atoms with Crippen molar-refractivity contribution in [2.24, 2.45) is 0 Å². The highest BCUT2D eigenvalue weighted by molar-refractivity contribution is 7.11. The third kappa shape index (κ3) is 2.88. The van der Waals surface area contributed by atoms with Gasteiger partial charge in [0.15, 0.2) is 11.6 Å². The lowest BCUT2D eigenvalue weighted by atomic mass is 10.1. The molecule has 1 heterocycles. The third-order valence-corrected chi connectivity index (χ3v) is 4.27. The van der Waals surface area contributed by atoms with Crippen molar-refractivity contribution in [1.29, 1.82) is 0 Å². The van der Waals surface area contributed by atoms with Crippen molar-refractivity contribution in [3.8, 4) is 0 Å². The highest BCUT2D eigenvalue weighted by atomic mass is 32.1. The number of hydrogen-bond donors (Lipinski definition) is 1. The molecule has 2 rings (SSSR count). The van der Waals surface area contributed by atoms with E-state index in [0.717, 1.165) is 28.1 Å². The topological polar surface area (TPSA) is 24.9 Å². The van der Waals surface area contributed by atoms with Crippen molar-refractivity contribution in [1.82, 2.24) is 10.3 Å². The summed E-state index contributed by atoms with van der Waals surface area (Å²) >= 11 is 1.53. The lowest BCUT2D eigenvalue weighted by molar-refractivity contribution is 0.482. The zero-order valence-electron chi connectivity index (χ0n) is 11.8. The second-order valence-electron chi connectivity index (χ2n) is 4.54. The highest BCUT2D eigenvalue weighted by Gasteiger charge is 2.22. The monoisotopic (exact) mass is 296 g/mol.